The molecule has 8 heteroatoms. The van der Waals surface area contributed by atoms with Crippen molar-refractivity contribution in [3.05, 3.63) is 0 Å². The van der Waals surface area contributed by atoms with E-state index in [0.29, 0.717) is 12.8 Å². The van der Waals surface area contributed by atoms with E-state index in [-0.39, 0.29) is 12.8 Å². The van der Waals surface area contributed by atoms with E-state index in [0.717, 1.165) is 25.7 Å². The molecule has 0 fully saturated rings. The van der Waals surface area contributed by atoms with E-state index < -0.39 is 49.6 Å². The van der Waals surface area contributed by atoms with Gasteiger partial charge in [-0.2, -0.15) is 0 Å². The quantitative estimate of drug-likeness (QED) is 0.0352. The van der Waals surface area contributed by atoms with E-state index in [9.17, 15) is 30.0 Å². The topological polar surface area (TPSA) is 134 Å². The molecule has 0 amide bonds. The van der Waals surface area contributed by atoms with Crippen LogP contribution in [0.4, 0.5) is 0 Å². The number of hydrogen-bond acceptors (Lipinski definition) is 8. The Hall–Kier alpha value is -1.22. The molecule has 58 heavy (non-hydrogen) atoms. The first-order chi connectivity index (χ1) is 28.3. The van der Waals surface area contributed by atoms with Gasteiger partial charge in [0, 0.05) is 12.8 Å². The molecule has 0 saturated carbocycles. The minimum absolute atomic E-state index is 0.238. The van der Waals surface area contributed by atoms with Crippen molar-refractivity contribution < 1.29 is 39.5 Å². The van der Waals surface area contributed by atoms with Crippen molar-refractivity contribution in [3.8, 4) is 0 Å². The van der Waals surface area contributed by atoms with Crippen LogP contribution < -0.4 is 0 Å². The molecule has 0 spiro atoms. The van der Waals surface area contributed by atoms with Crippen LogP contribution in [0.3, 0.4) is 0 Å². The molecule has 0 rings (SSSR count). The van der Waals surface area contributed by atoms with Crippen molar-refractivity contribution in [2.45, 2.75) is 295 Å². The number of ether oxygens (including phenoxy) is 2. The first kappa shape index (κ1) is 56.8. The summed E-state index contributed by atoms with van der Waals surface area (Å²) in [4.78, 5) is 24.2. The predicted octanol–water partition coefficient (Wildman–Crippen LogP) is 13.2. The third-order valence-electron chi connectivity index (χ3n) is 11.9. The number of carbonyl (C=O) groups is 2. The summed E-state index contributed by atoms with van der Waals surface area (Å²) in [6, 6.07) is 0. The lowest BCUT2D eigenvalue weighted by Crippen LogP contribution is -2.48. The molecule has 0 aromatic heterocycles. The average Bonchev–Trinajstić information content (AvgIpc) is 3.22. The van der Waals surface area contributed by atoms with Gasteiger partial charge in [-0.15, -0.1) is 0 Å². The van der Waals surface area contributed by atoms with Crippen LogP contribution in [0.5, 0.6) is 0 Å². The van der Waals surface area contributed by atoms with Gasteiger partial charge in [0.05, 0.1) is 0 Å². The Bertz CT molecular complexity index is 785. The number of unbranched alkanes of at least 4 members (excludes halogenated alkanes) is 36. The maximum atomic E-state index is 12.1. The summed E-state index contributed by atoms with van der Waals surface area (Å²) in [5, 5.41) is 41.0. The van der Waals surface area contributed by atoms with Gasteiger partial charge in [0.1, 0.15) is 37.6 Å². The van der Waals surface area contributed by atoms with Gasteiger partial charge in [-0.1, -0.05) is 245 Å². The summed E-state index contributed by atoms with van der Waals surface area (Å²) in [5.74, 6) is -0.922. The predicted molar refractivity (Wildman–Crippen MR) is 242 cm³/mol. The molecular weight excluding hydrogens is 729 g/mol. The van der Waals surface area contributed by atoms with Crippen molar-refractivity contribution in [3.63, 3.8) is 0 Å². The lowest BCUT2D eigenvalue weighted by atomic mass is 10.0. The summed E-state index contributed by atoms with van der Waals surface area (Å²) in [5.41, 5.74) is 0. The Morgan fingerprint density at radius 1 is 0.310 bits per heavy atom. The van der Waals surface area contributed by atoms with Crippen molar-refractivity contribution in [1.29, 1.82) is 0 Å². The van der Waals surface area contributed by atoms with Gasteiger partial charge in [0.25, 0.3) is 0 Å². The minimum Gasteiger partial charge on any atom is -0.463 e. The van der Waals surface area contributed by atoms with Crippen LogP contribution in [-0.4, -0.2) is 70.0 Å². The lowest BCUT2D eigenvalue weighted by molar-refractivity contribution is -0.162. The molecule has 0 aromatic carbocycles. The number of hydrogen-bond donors (Lipinski definition) is 4. The van der Waals surface area contributed by atoms with Gasteiger partial charge in [0.15, 0.2) is 0 Å². The number of carbonyl (C=O) groups excluding carboxylic acids is 2. The molecule has 0 heterocycles. The zero-order valence-corrected chi connectivity index (χ0v) is 38.4. The second-order valence-electron chi connectivity index (χ2n) is 17.7. The van der Waals surface area contributed by atoms with E-state index >= 15 is 0 Å². The SMILES string of the molecule is CCCCCCCCCCCCCCCCCCCCCC(=O)OCC(O)C(O)C(O)C(O)COC(=O)CCCCCCCCCCCCCCCCCCCCC. The average molecular weight is 827 g/mol. The fraction of sp³-hybridized carbons (Fsp3) is 0.960. The first-order valence-corrected chi connectivity index (χ1v) is 25.4. The highest BCUT2D eigenvalue weighted by Crippen LogP contribution is 2.17. The second kappa shape index (κ2) is 45.3. The van der Waals surface area contributed by atoms with Crippen LogP contribution in [0, 0.1) is 0 Å². The van der Waals surface area contributed by atoms with E-state index in [4.69, 9.17) is 9.47 Å². The van der Waals surface area contributed by atoms with Gasteiger partial charge >= 0.3 is 11.9 Å². The van der Waals surface area contributed by atoms with Crippen molar-refractivity contribution in [2.24, 2.45) is 0 Å². The molecule has 0 aliphatic heterocycles. The van der Waals surface area contributed by atoms with E-state index in [1.54, 1.807) is 0 Å². The molecule has 4 N–H and O–H groups in total. The van der Waals surface area contributed by atoms with Crippen molar-refractivity contribution in [1.82, 2.24) is 0 Å². The Morgan fingerprint density at radius 3 is 0.672 bits per heavy atom. The molecule has 346 valence electrons. The number of aliphatic hydroxyl groups is 4. The Kier molecular flexibility index (Phi) is 44.4. The fourth-order valence-corrected chi connectivity index (χ4v) is 7.85. The summed E-state index contributed by atoms with van der Waals surface area (Å²) < 4.78 is 10.2. The van der Waals surface area contributed by atoms with Gasteiger partial charge in [-0.3, -0.25) is 9.59 Å². The van der Waals surface area contributed by atoms with Crippen LogP contribution in [0.1, 0.15) is 271 Å². The number of esters is 2. The fourth-order valence-electron chi connectivity index (χ4n) is 7.85. The molecular formula is C50H98O8. The van der Waals surface area contributed by atoms with E-state index in [1.165, 1.54) is 205 Å². The molecule has 0 radical (unpaired) electrons. The molecule has 0 aliphatic carbocycles. The molecule has 0 aliphatic rings. The second-order valence-corrected chi connectivity index (χ2v) is 17.7. The monoisotopic (exact) mass is 827 g/mol. The third kappa shape index (κ3) is 40.2. The molecule has 0 aromatic rings. The molecule has 4 unspecified atom stereocenters. The standard InChI is InChI=1S/C50H98O8/c1-3-5-7-9-11-13-15-17-19-21-23-25-27-29-31-33-35-37-39-41-47(53)57-43-45(51)49(55)50(56)46(52)44-58-48(54)42-40-38-36-34-32-30-28-26-24-22-20-18-16-14-12-10-8-6-4-2/h45-46,49-52,55-56H,3-44H2,1-2H3. The smallest absolute Gasteiger partial charge is 0.305 e. The van der Waals surface area contributed by atoms with Gasteiger partial charge in [-0.25, -0.2) is 0 Å². The summed E-state index contributed by atoms with van der Waals surface area (Å²) in [7, 11) is 0. The lowest BCUT2D eigenvalue weighted by Gasteiger charge is -2.26. The zero-order chi connectivity index (χ0) is 42.6. The Morgan fingerprint density at radius 2 is 0.483 bits per heavy atom. The third-order valence-corrected chi connectivity index (χ3v) is 11.9. The molecule has 4 atom stereocenters. The normalized spacial score (nSPS) is 13.7. The maximum Gasteiger partial charge on any atom is 0.305 e. The number of rotatable bonds is 47. The number of aliphatic hydroxyl groups excluding tert-OH is 4. The summed E-state index contributed by atoms with van der Waals surface area (Å²) in [6.07, 6.45) is 42.6. The van der Waals surface area contributed by atoms with E-state index in [2.05, 4.69) is 13.8 Å². The zero-order valence-electron chi connectivity index (χ0n) is 38.4. The Balaban J connectivity index is 3.62. The van der Waals surface area contributed by atoms with Crippen molar-refractivity contribution in [2.75, 3.05) is 13.2 Å². The van der Waals surface area contributed by atoms with Crippen LogP contribution in [-0.2, 0) is 19.1 Å². The van der Waals surface area contributed by atoms with Crippen molar-refractivity contribution >= 4 is 11.9 Å². The highest BCUT2D eigenvalue weighted by atomic mass is 16.5. The van der Waals surface area contributed by atoms with Crippen LogP contribution >= 0.6 is 0 Å². The highest BCUT2D eigenvalue weighted by molar-refractivity contribution is 5.69. The van der Waals surface area contributed by atoms with E-state index in [1.807, 2.05) is 0 Å². The summed E-state index contributed by atoms with van der Waals surface area (Å²) >= 11 is 0. The molecule has 8 nitrogen and oxygen atoms in total. The van der Waals surface area contributed by atoms with Gasteiger partial charge < -0.3 is 29.9 Å². The maximum absolute atomic E-state index is 12.1. The summed E-state index contributed by atoms with van der Waals surface area (Å²) in [6.45, 7) is 3.58. The van der Waals surface area contributed by atoms with Gasteiger partial charge in [-0.05, 0) is 12.8 Å². The molecule has 0 bridgehead atoms. The Labute approximate surface area is 358 Å². The van der Waals surface area contributed by atoms with Crippen LogP contribution in [0.15, 0.2) is 0 Å². The molecule has 0 saturated heterocycles. The first-order valence-electron chi connectivity index (χ1n) is 25.4. The van der Waals surface area contributed by atoms with Crippen LogP contribution in [0.2, 0.25) is 0 Å². The minimum atomic E-state index is -1.75. The highest BCUT2D eigenvalue weighted by Gasteiger charge is 2.32. The largest absolute Gasteiger partial charge is 0.463 e. The van der Waals surface area contributed by atoms with Crippen LogP contribution in [0.25, 0.3) is 0 Å². The van der Waals surface area contributed by atoms with Gasteiger partial charge in [0.2, 0.25) is 0 Å².